The van der Waals surface area contributed by atoms with Gasteiger partial charge in [-0.15, -0.1) is 0 Å². The molecule has 0 aliphatic heterocycles. The fourth-order valence-corrected chi connectivity index (χ4v) is 3.97. The van der Waals surface area contributed by atoms with E-state index >= 15 is 0 Å². The summed E-state index contributed by atoms with van der Waals surface area (Å²) < 4.78 is 7.39. The maximum Gasteiger partial charge on any atom is 0.229 e. The van der Waals surface area contributed by atoms with E-state index in [1.54, 1.807) is 7.11 Å². The minimum Gasteiger partial charge on any atom is -0.381 e. The van der Waals surface area contributed by atoms with Crippen LogP contribution in [0.1, 0.15) is 19.3 Å². The van der Waals surface area contributed by atoms with Crippen LogP contribution < -0.4 is 5.32 Å². The molecule has 2 aromatic rings. The van der Waals surface area contributed by atoms with Crippen molar-refractivity contribution in [2.45, 2.75) is 25.4 Å². The molecule has 106 valence electrons. The molecule has 20 heavy (non-hydrogen) atoms. The maximum atomic E-state index is 12.2. The number of halogens is 1. The average Bonchev–Trinajstić information content (AvgIpc) is 3.03. The summed E-state index contributed by atoms with van der Waals surface area (Å²) in [5, 5.41) is 3.61. The molecule has 0 bridgehead atoms. The number of nitrogens with zero attached hydrogens (tertiary/aromatic N) is 1. The van der Waals surface area contributed by atoms with E-state index in [0.29, 0.717) is 5.13 Å². The highest BCUT2D eigenvalue weighted by Gasteiger charge is 2.30. The van der Waals surface area contributed by atoms with E-state index in [9.17, 15) is 4.79 Å². The Morgan fingerprint density at radius 3 is 3.10 bits per heavy atom. The second-order valence-electron chi connectivity index (χ2n) is 4.99. The van der Waals surface area contributed by atoms with Gasteiger partial charge in [-0.25, -0.2) is 4.98 Å². The third-order valence-electron chi connectivity index (χ3n) is 3.67. The number of anilines is 1. The van der Waals surface area contributed by atoms with Gasteiger partial charge in [-0.3, -0.25) is 4.79 Å². The predicted octanol–water partition coefficient (Wildman–Crippen LogP) is 3.81. The Kier molecular flexibility index (Phi) is 4.05. The molecule has 0 saturated heterocycles. The first kappa shape index (κ1) is 14.0. The van der Waals surface area contributed by atoms with Gasteiger partial charge in [0.05, 0.1) is 16.3 Å². The molecule has 1 N–H and O–H groups in total. The predicted molar refractivity (Wildman–Crippen MR) is 84.1 cm³/mol. The number of aromatic nitrogens is 1. The van der Waals surface area contributed by atoms with Crippen LogP contribution in [0.2, 0.25) is 0 Å². The van der Waals surface area contributed by atoms with Gasteiger partial charge in [0.1, 0.15) is 0 Å². The summed E-state index contributed by atoms with van der Waals surface area (Å²) in [7, 11) is 1.70. The number of benzene rings is 1. The van der Waals surface area contributed by atoms with Crippen LogP contribution in [-0.2, 0) is 9.53 Å². The van der Waals surface area contributed by atoms with E-state index < -0.39 is 0 Å². The fraction of sp³-hybridized carbons (Fsp3) is 0.429. The van der Waals surface area contributed by atoms with E-state index in [0.717, 1.165) is 34.0 Å². The molecule has 1 fully saturated rings. The third kappa shape index (κ3) is 2.87. The molecule has 1 aliphatic rings. The summed E-state index contributed by atoms with van der Waals surface area (Å²) in [6, 6.07) is 5.91. The Labute approximate surface area is 129 Å². The number of carbonyl (C=O) groups is 1. The SMILES string of the molecule is COC1CCC(C(=O)Nc2nc3ccc(Br)cc3s2)C1. The first-order chi connectivity index (χ1) is 9.65. The van der Waals surface area contributed by atoms with Crippen molar-refractivity contribution in [1.82, 2.24) is 4.98 Å². The van der Waals surface area contributed by atoms with Crippen molar-refractivity contribution in [3.05, 3.63) is 22.7 Å². The molecule has 1 amide bonds. The molecular weight excluding hydrogens is 340 g/mol. The van der Waals surface area contributed by atoms with E-state index in [1.165, 1.54) is 11.3 Å². The number of hydrogen-bond donors (Lipinski definition) is 1. The Morgan fingerprint density at radius 2 is 2.35 bits per heavy atom. The van der Waals surface area contributed by atoms with Crippen LogP contribution in [0.25, 0.3) is 10.2 Å². The lowest BCUT2D eigenvalue weighted by atomic mass is 10.1. The van der Waals surface area contributed by atoms with E-state index in [1.807, 2.05) is 18.2 Å². The summed E-state index contributed by atoms with van der Waals surface area (Å²) in [6.07, 6.45) is 2.87. The lowest BCUT2D eigenvalue weighted by molar-refractivity contribution is -0.119. The smallest absolute Gasteiger partial charge is 0.229 e. The lowest BCUT2D eigenvalue weighted by Crippen LogP contribution is -2.21. The number of thiazole rings is 1. The van der Waals surface area contributed by atoms with E-state index in [2.05, 4.69) is 26.2 Å². The molecule has 1 aliphatic carbocycles. The highest BCUT2D eigenvalue weighted by Crippen LogP contribution is 2.31. The van der Waals surface area contributed by atoms with Crippen LogP contribution in [0.5, 0.6) is 0 Å². The van der Waals surface area contributed by atoms with E-state index in [-0.39, 0.29) is 17.9 Å². The molecule has 2 atom stereocenters. The number of carbonyl (C=O) groups excluding carboxylic acids is 1. The standard InChI is InChI=1S/C14H15BrN2O2S/c1-19-10-4-2-8(6-10)13(18)17-14-16-11-5-3-9(15)7-12(11)20-14/h3,5,7-8,10H,2,4,6H2,1H3,(H,16,17,18). The first-order valence-corrected chi connectivity index (χ1v) is 8.16. The molecule has 1 saturated carbocycles. The lowest BCUT2D eigenvalue weighted by Gasteiger charge is -2.09. The molecule has 3 rings (SSSR count). The van der Waals surface area contributed by atoms with Crippen LogP contribution in [0.15, 0.2) is 22.7 Å². The monoisotopic (exact) mass is 354 g/mol. The number of hydrogen-bond acceptors (Lipinski definition) is 4. The number of nitrogens with one attached hydrogen (secondary N) is 1. The molecule has 1 aromatic heterocycles. The maximum absolute atomic E-state index is 12.2. The highest BCUT2D eigenvalue weighted by atomic mass is 79.9. The van der Waals surface area contributed by atoms with Gasteiger partial charge in [0, 0.05) is 17.5 Å². The van der Waals surface area contributed by atoms with Gasteiger partial charge in [-0.1, -0.05) is 27.3 Å². The summed E-state index contributed by atoms with van der Waals surface area (Å²) in [4.78, 5) is 16.6. The van der Waals surface area contributed by atoms with Crippen molar-refractivity contribution < 1.29 is 9.53 Å². The van der Waals surface area contributed by atoms with Crippen LogP contribution in [0.4, 0.5) is 5.13 Å². The normalized spacial score (nSPS) is 22.3. The van der Waals surface area contributed by atoms with Gasteiger partial charge in [0.15, 0.2) is 5.13 Å². The molecule has 4 nitrogen and oxygen atoms in total. The van der Waals surface area contributed by atoms with Gasteiger partial charge in [-0.05, 0) is 37.5 Å². The summed E-state index contributed by atoms with van der Waals surface area (Å²) in [5.41, 5.74) is 0.912. The molecular formula is C14H15BrN2O2S. The number of fused-ring (bicyclic) bond motifs is 1. The van der Waals surface area contributed by atoms with Gasteiger partial charge < -0.3 is 10.1 Å². The third-order valence-corrected chi connectivity index (χ3v) is 5.10. The Bertz CT molecular complexity index is 643. The fourth-order valence-electron chi connectivity index (χ4n) is 2.55. The Balaban J connectivity index is 1.71. The van der Waals surface area contributed by atoms with Crippen LogP contribution >= 0.6 is 27.3 Å². The largest absolute Gasteiger partial charge is 0.381 e. The molecule has 0 spiro atoms. The van der Waals surface area contributed by atoms with Crippen molar-refractivity contribution >= 4 is 48.5 Å². The second kappa shape index (κ2) is 5.79. The number of amides is 1. The molecule has 1 aromatic carbocycles. The zero-order chi connectivity index (χ0) is 14.1. The number of methoxy groups -OCH3 is 1. The molecule has 6 heteroatoms. The van der Waals surface area contributed by atoms with Gasteiger partial charge in [0.2, 0.25) is 5.91 Å². The molecule has 0 radical (unpaired) electrons. The van der Waals surface area contributed by atoms with Crippen molar-refractivity contribution in [1.29, 1.82) is 0 Å². The second-order valence-corrected chi connectivity index (χ2v) is 6.93. The van der Waals surface area contributed by atoms with Crippen molar-refractivity contribution in [3.8, 4) is 0 Å². The highest BCUT2D eigenvalue weighted by molar-refractivity contribution is 9.10. The minimum atomic E-state index is 0.0405. The summed E-state index contributed by atoms with van der Waals surface area (Å²) >= 11 is 4.94. The van der Waals surface area contributed by atoms with Crippen LogP contribution in [-0.4, -0.2) is 24.1 Å². The summed E-state index contributed by atoms with van der Waals surface area (Å²) in [5.74, 6) is 0.0985. The van der Waals surface area contributed by atoms with Crippen LogP contribution in [0.3, 0.4) is 0 Å². The van der Waals surface area contributed by atoms with Crippen molar-refractivity contribution in [3.63, 3.8) is 0 Å². The van der Waals surface area contributed by atoms with Gasteiger partial charge in [-0.2, -0.15) is 0 Å². The van der Waals surface area contributed by atoms with E-state index in [4.69, 9.17) is 4.74 Å². The number of rotatable bonds is 3. The topological polar surface area (TPSA) is 51.2 Å². The zero-order valence-corrected chi connectivity index (χ0v) is 13.5. The quantitative estimate of drug-likeness (QED) is 0.911. The molecule has 2 unspecified atom stereocenters. The minimum absolute atomic E-state index is 0.0405. The Hall–Kier alpha value is -0.980. The first-order valence-electron chi connectivity index (χ1n) is 6.55. The van der Waals surface area contributed by atoms with Gasteiger partial charge >= 0.3 is 0 Å². The van der Waals surface area contributed by atoms with Crippen molar-refractivity contribution in [2.75, 3.05) is 12.4 Å². The Morgan fingerprint density at radius 1 is 1.50 bits per heavy atom. The van der Waals surface area contributed by atoms with Crippen LogP contribution in [0, 0.1) is 5.92 Å². The van der Waals surface area contributed by atoms with Gasteiger partial charge in [0.25, 0.3) is 0 Å². The van der Waals surface area contributed by atoms with Crippen molar-refractivity contribution in [2.24, 2.45) is 5.92 Å². The molecule has 1 heterocycles. The summed E-state index contributed by atoms with van der Waals surface area (Å²) in [6.45, 7) is 0. The zero-order valence-electron chi connectivity index (χ0n) is 11.1. The number of ether oxygens (including phenoxy) is 1. The average molecular weight is 355 g/mol.